The Bertz CT molecular complexity index is 993. The molecule has 0 saturated heterocycles. The number of rotatable bonds is 7. The summed E-state index contributed by atoms with van der Waals surface area (Å²) in [6.45, 7) is 2.60. The van der Waals surface area contributed by atoms with E-state index in [2.05, 4.69) is 12.2 Å². The second-order valence-electron chi connectivity index (χ2n) is 8.01. The third-order valence-electron chi connectivity index (χ3n) is 5.92. The van der Waals surface area contributed by atoms with E-state index in [0.29, 0.717) is 29.9 Å². The molecule has 1 aliphatic rings. The molecule has 6 nitrogen and oxygen atoms in total. The summed E-state index contributed by atoms with van der Waals surface area (Å²) in [5.41, 5.74) is -0.691. The van der Waals surface area contributed by atoms with Crippen LogP contribution in [0, 0.1) is 0 Å². The Morgan fingerprint density at radius 1 is 1.17 bits per heavy atom. The van der Waals surface area contributed by atoms with Crippen LogP contribution >= 0.6 is 11.6 Å². The summed E-state index contributed by atoms with van der Waals surface area (Å²) in [6, 6.07) is 6.89. The number of benzene rings is 1. The highest BCUT2D eigenvalue weighted by Crippen LogP contribution is 2.30. The Kier molecular flexibility index (Phi) is 7.19. The van der Waals surface area contributed by atoms with Gasteiger partial charge in [-0.1, -0.05) is 56.7 Å². The minimum absolute atomic E-state index is 0.0372. The van der Waals surface area contributed by atoms with Crippen LogP contribution in [0.4, 0.5) is 0 Å². The zero-order valence-corrected chi connectivity index (χ0v) is 18.4. The van der Waals surface area contributed by atoms with Crippen LogP contribution in [0.5, 0.6) is 0 Å². The predicted octanol–water partition coefficient (Wildman–Crippen LogP) is 4.45. The summed E-state index contributed by atoms with van der Waals surface area (Å²) in [6.07, 6.45) is 6.52. The third-order valence-corrected chi connectivity index (χ3v) is 6.16. The number of unbranched alkanes of at least 4 members (excludes halogenated alkanes) is 2. The first-order valence-corrected chi connectivity index (χ1v) is 11.0. The summed E-state index contributed by atoms with van der Waals surface area (Å²) in [7, 11) is 1.32. The van der Waals surface area contributed by atoms with E-state index in [-0.39, 0.29) is 11.1 Å². The largest absolute Gasteiger partial charge is 0.467 e. The number of ether oxygens (including phenoxy) is 1. The van der Waals surface area contributed by atoms with Gasteiger partial charge in [0.1, 0.15) is 11.1 Å². The number of nitrogens with one attached hydrogen (secondary N) is 1. The minimum Gasteiger partial charge on any atom is -0.467 e. The zero-order valence-electron chi connectivity index (χ0n) is 17.6. The number of amides is 1. The van der Waals surface area contributed by atoms with Crippen LogP contribution in [0.25, 0.3) is 10.9 Å². The number of nitrogens with zero attached hydrogens (tertiary/aromatic N) is 1. The van der Waals surface area contributed by atoms with Crippen LogP contribution in [-0.2, 0) is 16.1 Å². The number of hydrogen-bond acceptors (Lipinski definition) is 4. The van der Waals surface area contributed by atoms with E-state index in [1.54, 1.807) is 28.8 Å². The fourth-order valence-electron chi connectivity index (χ4n) is 4.26. The van der Waals surface area contributed by atoms with Gasteiger partial charge in [-0.3, -0.25) is 9.59 Å². The molecule has 1 aromatic heterocycles. The molecule has 3 rings (SSSR count). The first-order chi connectivity index (χ1) is 14.4. The molecular weight excluding hydrogens is 404 g/mol. The number of fused-ring (bicyclic) bond motifs is 1. The fourth-order valence-corrected chi connectivity index (χ4v) is 4.43. The molecule has 2 aromatic rings. The second kappa shape index (κ2) is 9.65. The minimum atomic E-state index is -1.07. The molecule has 30 heavy (non-hydrogen) atoms. The summed E-state index contributed by atoms with van der Waals surface area (Å²) >= 11 is 6.16. The maximum absolute atomic E-state index is 13.3. The summed E-state index contributed by atoms with van der Waals surface area (Å²) < 4.78 is 6.60. The van der Waals surface area contributed by atoms with E-state index in [9.17, 15) is 14.4 Å². The first kappa shape index (κ1) is 22.3. The van der Waals surface area contributed by atoms with E-state index in [0.717, 1.165) is 43.9 Å². The van der Waals surface area contributed by atoms with E-state index < -0.39 is 17.4 Å². The maximum Gasteiger partial charge on any atom is 0.331 e. The van der Waals surface area contributed by atoms with Crippen molar-refractivity contribution in [3.63, 3.8) is 0 Å². The number of pyridine rings is 1. The zero-order chi connectivity index (χ0) is 21.7. The Labute approximate surface area is 181 Å². The fraction of sp³-hybridized carbons (Fsp3) is 0.522. The van der Waals surface area contributed by atoms with Crippen molar-refractivity contribution in [1.29, 1.82) is 0 Å². The number of carbonyl (C=O) groups is 2. The van der Waals surface area contributed by atoms with Crippen molar-refractivity contribution < 1.29 is 14.3 Å². The maximum atomic E-state index is 13.3. The van der Waals surface area contributed by atoms with Gasteiger partial charge in [-0.15, -0.1) is 0 Å². The van der Waals surface area contributed by atoms with Gasteiger partial charge in [-0.05, 0) is 42.8 Å². The molecule has 0 atom stereocenters. The van der Waals surface area contributed by atoms with E-state index in [1.807, 2.05) is 0 Å². The highest BCUT2D eigenvalue weighted by Gasteiger charge is 2.42. The molecule has 162 valence electrons. The Balaban J connectivity index is 2.03. The average molecular weight is 433 g/mol. The average Bonchev–Trinajstić information content (AvgIpc) is 2.75. The molecule has 0 bridgehead atoms. The molecule has 1 N–H and O–H groups in total. The molecule has 1 aromatic carbocycles. The standard InChI is InChI=1S/C23H29ClN2O4/c1-3-4-8-13-26-19-15-17(24)10-9-16(19)14-18(21(26)28)20(27)25-23(22(29)30-2)11-6-5-7-12-23/h9-10,14-15H,3-8,11-13H2,1-2H3,(H,25,27). The number of aromatic nitrogens is 1. The number of esters is 1. The van der Waals surface area contributed by atoms with Gasteiger partial charge < -0.3 is 14.6 Å². The Morgan fingerprint density at radius 2 is 1.90 bits per heavy atom. The third kappa shape index (κ3) is 4.53. The van der Waals surface area contributed by atoms with Crippen molar-refractivity contribution in [2.45, 2.75) is 70.4 Å². The Morgan fingerprint density at radius 3 is 2.57 bits per heavy atom. The van der Waals surface area contributed by atoms with Crippen LogP contribution in [0.15, 0.2) is 29.1 Å². The van der Waals surface area contributed by atoms with Crippen molar-refractivity contribution in [3.8, 4) is 0 Å². The lowest BCUT2D eigenvalue weighted by Gasteiger charge is -2.35. The van der Waals surface area contributed by atoms with Gasteiger partial charge in [-0.2, -0.15) is 0 Å². The van der Waals surface area contributed by atoms with Crippen molar-refractivity contribution in [2.75, 3.05) is 7.11 Å². The van der Waals surface area contributed by atoms with Crippen LogP contribution in [0.3, 0.4) is 0 Å². The number of aryl methyl sites for hydroxylation is 1. The SMILES string of the molecule is CCCCCn1c(=O)c(C(=O)NC2(C(=O)OC)CCCCC2)cc2ccc(Cl)cc21. The number of hydrogen-bond donors (Lipinski definition) is 1. The molecule has 0 spiro atoms. The Hall–Kier alpha value is -2.34. The predicted molar refractivity (Wildman–Crippen MR) is 118 cm³/mol. The van der Waals surface area contributed by atoms with Crippen molar-refractivity contribution in [3.05, 3.63) is 45.2 Å². The molecule has 0 radical (unpaired) electrons. The molecule has 1 fully saturated rings. The van der Waals surface area contributed by atoms with Gasteiger partial charge in [0.2, 0.25) is 0 Å². The van der Waals surface area contributed by atoms with Gasteiger partial charge in [0, 0.05) is 11.6 Å². The number of methoxy groups -OCH3 is 1. The van der Waals surface area contributed by atoms with Gasteiger partial charge in [0.15, 0.2) is 0 Å². The molecule has 7 heteroatoms. The molecular formula is C23H29ClN2O4. The smallest absolute Gasteiger partial charge is 0.331 e. The molecule has 1 saturated carbocycles. The van der Waals surface area contributed by atoms with Crippen molar-refractivity contribution in [1.82, 2.24) is 9.88 Å². The van der Waals surface area contributed by atoms with Gasteiger partial charge in [0.25, 0.3) is 11.5 Å². The number of halogens is 1. The summed E-state index contributed by atoms with van der Waals surface area (Å²) in [5, 5.41) is 4.16. The first-order valence-electron chi connectivity index (χ1n) is 10.7. The lowest BCUT2D eigenvalue weighted by Crippen LogP contribution is -2.56. The van der Waals surface area contributed by atoms with Gasteiger partial charge in [-0.25, -0.2) is 4.79 Å². The van der Waals surface area contributed by atoms with Gasteiger partial charge >= 0.3 is 5.97 Å². The van der Waals surface area contributed by atoms with Crippen molar-refractivity contribution >= 4 is 34.4 Å². The van der Waals surface area contributed by atoms with Crippen LogP contribution < -0.4 is 10.9 Å². The number of carbonyl (C=O) groups excluding carboxylic acids is 2. The second-order valence-corrected chi connectivity index (χ2v) is 8.45. The molecule has 1 aliphatic carbocycles. The van der Waals surface area contributed by atoms with Crippen molar-refractivity contribution in [2.24, 2.45) is 0 Å². The van der Waals surface area contributed by atoms with Crippen LogP contribution in [-0.4, -0.2) is 29.1 Å². The van der Waals surface area contributed by atoms with E-state index >= 15 is 0 Å². The molecule has 1 heterocycles. The van der Waals surface area contributed by atoms with Crippen LogP contribution in [0.2, 0.25) is 5.02 Å². The molecule has 0 aliphatic heterocycles. The topological polar surface area (TPSA) is 77.4 Å². The quantitative estimate of drug-likeness (QED) is 0.518. The van der Waals surface area contributed by atoms with Crippen LogP contribution in [0.1, 0.15) is 68.6 Å². The monoisotopic (exact) mass is 432 g/mol. The normalized spacial score (nSPS) is 15.7. The summed E-state index contributed by atoms with van der Waals surface area (Å²) in [5.74, 6) is -0.986. The summed E-state index contributed by atoms with van der Waals surface area (Å²) in [4.78, 5) is 38.9. The van der Waals surface area contributed by atoms with E-state index in [4.69, 9.17) is 16.3 Å². The van der Waals surface area contributed by atoms with E-state index in [1.165, 1.54) is 7.11 Å². The molecule has 0 unspecified atom stereocenters. The lowest BCUT2D eigenvalue weighted by molar-refractivity contribution is -0.149. The van der Waals surface area contributed by atoms with Gasteiger partial charge in [0.05, 0.1) is 12.6 Å². The highest BCUT2D eigenvalue weighted by atomic mass is 35.5. The lowest BCUT2D eigenvalue weighted by atomic mass is 9.81. The highest BCUT2D eigenvalue weighted by molar-refractivity contribution is 6.31. The molecule has 1 amide bonds.